The second-order valence-electron chi connectivity index (χ2n) is 3.78. The van der Waals surface area contributed by atoms with Crippen LogP contribution >= 0.6 is 0 Å². The van der Waals surface area contributed by atoms with Gasteiger partial charge in [-0.2, -0.15) is 0 Å². The Kier molecular flexibility index (Phi) is 4.16. The molecule has 0 spiro atoms. The van der Waals surface area contributed by atoms with E-state index in [-0.39, 0.29) is 18.1 Å². The molecule has 1 amide bonds. The minimum atomic E-state index is -0.989. The fraction of sp³-hybridized carbons (Fsp3) is 0.889. The molecule has 0 radical (unpaired) electrons. The Morgan fingerprint density at radius 3 is 2.93 bits per heavy atom. The first kappa shape index (κ1) is 11.3. The summed E-state index contributed by atoms with van der Waals surface area (Å²) in [6.45, 7) is 0.427. The van der Waals surface area contributed by atoms with Gasteiger partial charge in [0.1, 0.15) is 0 Å². The molecule has 0 heterocycles. The maximum Gasteiger partial charge on any atom is 0.404 e. The molecule has 0 aliphatic heterocycles. The lowest BCUT2D eigenvalue weighted by Crippen LogP contribution is -2.44. The molecule has 3 atom stereocenters. The van der Waals surface area contributed by atoms with Crippen LogP contribution in [-0.2, 0) is 4.74 Å². The lowest BCUT2D eigenvalue weighted by Gasteiger charge is -2.33. The van der Waals surface area contributed by atoms with Crippen LogP contribution in [0.15, 0.2) is 0 Å². The maximum absolute atomic E-state index is 10.3. The Morgan fingerprint density at radius 1 is 1.64 bits per heavy atom. The number of carboxylic acid groups (broad SMARTS) is 1. The highest BCUT2D eigenvalue weighted by atomic mass is 16.5. The van der Waals surface area contributed by atoms with E-state index in [2.05, 4.69) is 5.32 Å². The standard InChI is InChI=1S/C9H18N2O3/c1-14-7-2-3-8(10)6(4-7)5-11-9(12)13/h6-8,11H,2-5,10H2,1H3,(H,12,13)/t6-,7+,8-/m0/s1. The molecule has 0 aromatic rings. The third kappa shape index (κ3) is 3.16. The van der Waals surface area contributed by atoms with Crippen molar-refractivity contribution in [1.29, 1.82) is 0 Å². The van der Waals surface area contributed by atoms with Gasteiger partial charge in [0.05, 0.1) is 6.10 Å². The summed E-state index contributed by atoms with van der Waals surface area (Å²) in [7, 11) is 1.68. The van der Waals surface area contributed by atoms with E-state index in [9.17, 15) is 4.79 Å². The first-order valence-corrected chi connectivity index (χ1v) is 4.88. The number of hydrogen-bond acceptors (Lipinski definition) is 3. The predicted octanol–water partition coefficient (Wildman–Crippen LogP) is 0.396. The maximum atomic E-state index is 10.3. The van der Waals surface area contributed by atoms with Gasteiger partial charge in [0.15, 0.2) is 0 Å². The monoisotopic (exact) mass is 202 g/mol. The van der Waals surface area contributed by atoms with Crippen LogP contribution in [-0.4, -0.2) is 37.0 Å². The fourth-order valence-corrected chi connectivity index (χ4v) is 1.91. The van der Waals surface area contributed by atoms with E-state index in [4.69, 9.17) is 15.6 Å². The first-order chi connectivity index (χ1) is 6.63. The van der Waals surface area contributed by atoms with Crippen LogP contribution in [0.4, 0.5) is 4.79 Å². The van der Waals surface area contributed by atoms with Crippen molar-refractivity contribution in [3.63, 3.8) is 0 Å². The molecule has 0 aromatic carbocycles. The van der Waals surface area contributed by atoms with Gasteiger partial charge in [0.25, 0.3) is 0 Å². The summed E-state index contributed by atoms with van der Waals surface area (Å²) >= 11 is 0. The van der Waals surface area contributed by atoms with Crippen molar-refractivity contribution in [2.24, 2.45) is 11.7 Å². The van der Waals surface area contributed by atoms with E-state index in [1.54, 1.807) is 7.11 Å². The average molecular weight is 202 g/mol. The van der Waals surface area contributed by atoms with E-state index >= 15 is 0 Å². The highest BCUT2D eigenvalue weighted by Crippen LogP contribution is 2.24. The predicted molar refractivity (Wildman–Crippen MR) is 52.1 cm³/mol. The van der Waals surface area contributed by atoms with Gasteiger partial charge in [-0.15, -0.1) is 0 Å². The molecule has 0 unspecified atom stereocenters. The summed E-state index contributed by atoms with van der Waals surface area (Å²) in [5.74, 6) is 0.199. The van der Waals surface area contributed by atoms with Gasteiger partial charge in [-0.1, -0.05) is 0 Å². The van der Waals surface area contributed by atoms with Crippen LogP contribution in [0.2, 0.25) is 0 Å². The number of ether oxygens (including phenoxy) is 1. The van der Waals surface area contributed by atoms with Gasteiger partial charge in [-0.3, -0.25) is 0 Å². The van der Waals surface area contributed by atoms with Crippen molar-refractivity contribution >= 4 is 6.09 Å². The molecule has 1 aliphatic rings. The van der Waals surface area contributed by atoms with Crippen LogP contribution < -0.4 is 11.1 Å². The highest BCUT2D eigenvalue weighted by Gasteiger charge is 2.28. The van der Waals surface area contributed by atoms with Gasteiger partial charge < -0.3 is 20.9 Å². The van der Waals surface area contributed by atoms with Crippen LogP contribution in [0.5, 0.6) is 0 Å². The number of methoxy groups -OCH3 is 1. The Bertz CT molecular complexity index is 198. The largest absolute Gasteiger partial charge is 0.465 e. The zero-order chi connectivity index (χ0) is 10.6. The zero-order valence-corrected chi connectivity index (χ0v) is 8.40. The van der Waals surface area contributed by atoms with Crippen molar-refractivity contribution in [3.05, 3.63) is 0 Å². The summed E-state index contributed by atoms with van der Waals surface area (Å²) in [6, 6.07) is 0.0910. The van der Waals surface area contributed by atoms with E-state index < -0.39 is 6.09 Å². The van der Waals surface area contributed by atoms with Crippen LogP contribution in [0.25, 0.3) is 0 Å². The number of carbonyl (C=O) groups is 1. The van der Waals surface area contributed by atoms with E-state index in [1.807, 2.05) is 0 Å². The Morgan fingerprint density at radius 2 is 2.36 bits per heavy atom. The summed E-state index contributed by atoms with van der Waals surface area (Å²) in [6.07, 6.45) is 1.97. The van der Waals surface area contributed by atoms with Gasteiger partial charge in [-0.05, 0) is 25.2 Å². The Hall–Kier alpha value is -0.810. The minimum Gasteiger partial charge on any atom is -0.465 e. The topological polar surface area (TPSA) is 84.6 Å². The molecule has 5 heteroatoms. The molecular formula is C9H18N2O3. The normalized spacial score (nSPS) is 32.6. The second-order valence-corrected chi connectivity index (χ2v) is 3.78. The molecule has 82 valence electrons. The number of hydrogen-bond donors (Lipinski definition) is 3. The quantitative estimate of drug-likeness (QED) is 0.618. The van der Waals surface area contributed by atoms with E-state index in [1.165, 1.54) is 0 Å². The van der Waals surface area contributed by atoms with Crippen molar-refractivity contribution in [1.82, 2.24) is 5.32 Å². The lowest BCUT2D eigenvalue weighted by molar-refractivity contribution is 0.0437. The van der Waals surface area contributed by atoms with Crippen molar-refractivity contribution in [2.45, 2.75) is 31.4 Å². The van der Waals surface area contributed by atoms with E-state index in [0.717, 1.165) is 19.3 Å². The van der Waals surface area contributed by atoms with Gasteiger partial charge in [-0.25, -0.2) is 4.79 Å². The van der Waals surface area contributed by atoms with Crippen molar-refractivity contribution < 1.29 is 14.6 Å². The molecule has 0 aromatic heterocycles. The molecular weight excluding hydrogens is 184 g/mol. The number of amides is 1. The number of nitrogens with one attached hydrogen (secondary N) is 1. The second kappa shape index (κ2) is 5.17. The number of rotatable bonds is 3. The SMILES string of the molecule is CO[C@@H]1CC[C@H](N)[C@H](CNC(=O)O)C1. The lowest BCUT2D eigenvalue weighted by atomic mass is 9.83. The van der Waals surface area contributed by atoms with E-state index in [0.29, 0.717) is 6.54 Å². The molecule has 1 rings (SSSR count). The number of nitrogens with two attached hydrogens (primary N) is 1. The summed E-state index contributed by atoms with van der Waals surface area (Å²) < 4.78 is 5.25. The van der Waals surface area contributed by atoms with Crippen molar-refractivity contribution in [3.8, 4) is 0 Å². The fourth-order valence-electron chi connectivity index (χ4n) is 1.91. The minimum absolute atomic E-state index is 0.0910. The summed E-state index contributed by atoms with van der Waals surface area (Å²) in [5.41, 5.74) is 5.89. The summed E-state index contributed by atoms with van der Waals surface area (Å²) in [4.78, 5) is 10.3. The van der Waals surface area contributed by atoms with Crippen LogP contribution in [0, 0.1) is 5.92 Å². The Balaban J connectivity index is 2.36. The zero-order valence-electron chi connectivity index (χ0n) is 8.40. The van der Waals surface area contributed by atoms with Gasteiger partial charge in [0, 0.05) is 19.7 Å². The molecule has 1 aliphatic carbocycles. The molecule has 0 bridgehead atoms. The average Bonchev–Trinajstić information content (AvgIpc) is 2.16. The molecule has 14 heavy (non-hydrogen) atoms. The van der Waals surface area contributed by atoms with Crippen LogP contribution in [0.1, 0.15) is 19.3 Å². The molecule has 4 N–H and O–H groups in total. The molecule has 0 saturated heterocycles. The summed E-state index contributed by atoms with van der Waals surface area (Å²) in [5, 5.41) is 10.8. The molecule has 1 fully saturated rings. The van der Waals surface area contributed by atoms with Gasteiger partial charge in [0.2, 0.25) is 0 Å². The molecule has 1 saturated carbocycles. The molecule has 5 nitrogen and oxygen atoms in total. The smallest absolute Gasteiger partial charge is 0.404 e. The Labute approximate surface area is 83.6 Å². The first-order valence-electron chi connectivity index (χ1n) is 4.88. The van der Waals surface area contributed by atoms with Crippen molar-refractivity contribution in [2.75, 3.05) is 13.7 Å². The third-order valence-electron chi connectivity index (χ3n) is 2.84. The van der Waals surface area contributed by atoms with Gasteiger partial charge >= 0.3 is 6.09 Å². The highest BCUT2D eigenvalue weighted by molar-refractivity contribution is 5.64. The third-order valence-corrected chi connectivity index (χ3v) is 2.84. The van der Waals surface area contributed by atoms with Crippen LogP contribution in [0.3, 0.4) is 0 Å².